The van der Waals surface area contributed by atoms with Crippen LogP contribution in [0.2, 0.25) is 0 Å². The molecule has 0 aliphatic heterocycles. The van der Waals surface area contributed by atoms with Crippen molar-refractivity contribution in [2.24, 2.45) is 0 Å². The largest absolute Gasteiger partial charge is 0.449 e. The van der Waals surface area contributed by atoms with Gasteiger partial charge in [-0.25, -0.2) is 4.79 Å². The Morgan fingerprint density at radius 2 is 1.92 bits per heavy atom. The van der Waals surface area contributed by atoms with E-state index >= 15 is 0 Å². The molecule has 0 saturated carbocycles. The van der Waals surface area contributed by atoms with Gasteiger partial charge in [0.15, 0.2) is 0 Å². The first-order valence-corrected chi connectivity index (χ1v) is 10.1. The van der Waals surface area contributed by atoms with Gasteiger partial charge in [-0.15, -0.1) is 23.2 Å². The number of alkyl halides is 2. The number of allylic oxidation sites excluding steroid dienone is 3. The van der Waals surface area contributed by atoms with Crippen LogP contribution >= 0.6 is 23.2 Å². The molecule has 0 spiro atoms. The minimum absolute atomic E-state index is 0.156. The Morgan fingerprint density at radius 1 is 1.19 bits per heavy atom. The molecule has 7 heteroatoms. The van der Waals surface area contributed by atoms with E-state index in [-0.39, 0.29) is 12.8 Å². The molecule has 0 aromatic carbocycles. The molecule has 0 fully saturated rings. The molecule has 1 atom stereocenters. The lowest BCUT2D eigenvalue weighted by Gasteiger charge is -2.27. The number of alkyl carbamates (subject to hydrolysis) is 1. The van der Waals surface area contributed by atoms with Gasteiger partial charge in [-0.1, -0.05) is 23.3 Å². The van der Waals surface area contributed by atoms with Crippen LogP contribution in [0.1, 0.15) is 40.0 Å². The van der Waals surface area contributed by atoms with E-state index in [0.29, 0.717) is 37.9 Å². The number of nitrogens with zero attached hydrogens (tertiary/aromatic N) is 1. The Morgan fingerprint density at radius 3 is 2.54 bits per heavy atom. The van der Waals surface area contributed by atoms with Gasteiger partial charge in [0, 0.05) is 31.3 Å². The van der Waals surface area contributed by atoms with E-state index < -0.39 is 6.09 Å². The minimum atomic E-state index is -0.459. The number of halogens is 2. The average Bonchev–Trinajstić information content (AvgIpc) is 2.58. The number of carbonyl (C=O) groups excluding carboxylic acids is 1. The summed E-state index contributed by atoms with van der Waals surface area (Å²) >= 11 is 11.3. The second-order valence-corrected chi connectivity index (χ2v) is 7.12. The standard InChI is InChI=1S/C19H34Cl2N2O3/c1-16(2)6-5-7-17(3)8-14-25-18(23(4)13-11-21)9-15-26-19(24)22-12-10-20/h6,8,18H,5,7,9-15H2,1-4H3,(H,22,24)/b17-8+. The van der Waals surface area contributed by atoms with Crippen molar-refractivity contribution in [3.05, 3.63) is 23.3 Å². The topological polar surface area (TPSA) is 50.8 Å². The van der Waals surface area contributed by atoms with Crippen LogP contribution in [0, 0.1) is 0 Å². The van der Waals surface area contributed by atoms with E-state index in [1.54, 1.807) is 0 Å². The third kappa shape index (κ3) is 14.4. The van der Waals surface area contributed by atoms with Crippen LogP contribution in [0.25, 0.3) is 0 Å². The molecule has 0 heterocycles. The van der Waals surface area contributed by atoms with Gasteiger partial charge < -0.3 is 14.8 Å². The molecule has 1 unspecified atom stereocenters. The molecular formula is C19H34Cl2N2O3. The van der Waals surface area contributed by atoms with E-state index in [9.17, 15) is 4.79 Å². The Labute approximate surface area is 168 Å². The second-order valence-electron chi connectivity index (χ2n) is 6.37. The summed E-state index contributed by atoms with van der Waals surface area (Å²) in [7, 11) is 1.95. The summed E-state index contributed by atoms with van der Waals surface area (Å²) < 4.78 is 11.1. The van der Waals surface area contributed by atoms with Crippen molar-refractivity contribution in [2.45, 2.75) is 46.3 Å². The summed E-state index contributed by atoms with van der Waals surface area (Å²) in [6.07, 6.45) is 6.38. The molecule has 0 aromatic heterocycles. The number of carbonyl (C=O) groups is 1. The van der Waals surface area contributed by atoms with Crippen molar-refractivity contribution < 1.29 is 14.3 Å². The van der Waals surface area contributed by atoms with Crippen molar-refractivity contribution in [3.63, 3.8) is 0 Å². The zero-order chi connectivity index (χ0) is 19.8. The lowest BCUT2D eigenvalue weighted by Crippen LogP contribution is -2.37. The average molecular weight is 409 g/mol. The van der Waals surface area contributed by atoms with Gasteiger partial charge >= 0.3 is 6.09 Å². The Balaban J connectivity index is 4.33. The maximum Gasteiger partial charge on any atom is 0.407 e. The van der Waals surface area contributed by atoms with Crippen molar-refractivity contribution >= 4 is 29.3 Å². The van der Waals surface area contributed by atoms with Crippen LogP contribution in [0.5, 0.6) is 0 Å². The number of amides is 1. The van der Waals surface area contributed by atoms with Crippen LogP contribution < -0.4 is 5.32 Å². The van der Waals surface area contributed by atoms with Crippen molar-refractivity contribution in [1.29, 1.82) is 0 Å². The molecule has 0 rings (SSSR count). The first-order chi connectivity index (χ1) is 12.4. The molecule has 0 aromatic rings. The van der Waals surface area contributed by atoms with Crippen LogP contribution in [0.4, 0.5) is 4.79 Å². The third-order valence-corrected chi connectivity index (χ3v) is 4.06. The number of nitrogens with one attached hydrogen (secondary N) is 1. The molecule has 0 bridgehead atoms. The van der Waals surface area contributed by atoms with Gasteiger partial charge in [0.05, 0.1) is 13.2 Å². The first kappa shape index (κ1) is 25.2. The van der Waals surface area contributed by atoms with Gasteiger partial charge in [-0.05, 0) is 40.7 Å². The maximum atomic E-state index is 11.4. The normalized spacial score (nSPS) is 12.8. The highest BCUT2D eigenvalue weighted by molar-refractivity contribution is 6.18. The molecule has 26 heavy (non-hydrogen) atoms. The summed E-state index contributed by atoms with van der Waals surface area (Å²) in [5.74, 6) is 0.879. The van der Waals surface area contributed by atoms with Gasteiger partial charge in [0.25, 0.3) is 0 Å². The number of hydrogen-bond donors (Lipinski definition) is 1. The molecule has 152 valence electrons. The number of hydrogen-bond acceptors (Lipinski definition) is 4. The fourth-order valence-corrected chi connectivity index (χ4v) is 2.51. The molecule has 0 radical (unpaired) electrons. The Kier molecular flexibility index (Phi) is 16.0. The summed E-state index contributed by atoms with van der Waals surface area (Å²) in [5, 5.41) is 2.56. The first-order valence-electron chi connectivity index (χ1n) is 9.04. The predicted octanol–water partition coefficient (Wildman–Crippen LogP) is 4.55. The van der Waals surface area contributed by atoms with Crippen molar-refractivity contribution in [1.82, 2.24) is 10.2 Å². The fraction of sp³-hybridized carbons (Fsp3) is 0.737. The van der Waals surface area contributed by atoms with E-state index in [4.69, 9.17) is 32.7 Å². The van der Waals surface area contributed by atoms with Crippen LogP contribution in [-0.2, 0) is 9.47 Å². The molecule has 0 aliphatic carbocycles. The van der Waals surface area contributed by atoms with Crippen LogP contribution in [0.3, 0.4) is 0 Å². The number of ether oxygens (including phenoxy) is 2. The SMILES string of the molecule is CC(C)=CCC/C(C)=C/COC(CCOC(=O)NCCCl)N(C)CCCl. The van der Waals surface area contributed by atoms with Gasteiger partial charge in [0.2, 0.25) is 0 Å². The predicted molar refractivity (Wildman–Crippen MR) is 110 cm³/mol. The maximum absolute atomic E-state index is 11.4. The van der Waals surface area contributed by atoms with E-state index in [1.165, 1.54) is 11.1 Å². The second kappa shape index (κ2) is 16.4. The van der Waals surface area contributed by atoms with Gasteiger partial charge in [-0.2, -0.15) is 0 Å². The summed E-state index contributed by atoms with van der Waals surface area (Å²) in [5.41, 5.74) is 2.64. The molecule has 1 N–H and O–H groups in total. The summed E-state index contributed by atoms with van der Waals surface area (Å²) in [6, 6.07) is 0. The Hall–Kier alpha value is -0.750. The Bertz CT molecular complexity index is 439. The summed E-state index contributed by atoms with van der Waals surface area (Å²) in [4.78, 5) is 13.5. The zero-order valence-corrected chi connectivity index (χ0v) is 18.0. The highest BCUT2D eigenvalue weighted by Gasteiger charge is 2.15. The lowest BCUT2D eigenvalue weighted by molar-refractivity contribution is -0.0464. The number of rotatable bonds is 14. The van der Waals surface area contributed by atoms with Crippen LogP contribution in [-0.4, -0.2) is 62.3 Å². The quantitative estimate of drug-likeness (QED) is 0.260. The third-order valence-electron chi connectivity index (χ3n) is 3.70. The highest BCUT2D eigenvalue weighted by atomic mass is 35.5. The van der Waals surface area contributed by atoms with Gasteiger partial charge in [-0.3, -0.25) is 4.90 Å². The summed E-state index contributed by atoms with van der Waals surface area (Å²) in [6.45, 7) is 8.22. The van der Waals surface area contributed by atoms with Gasteiger partial charge in [0.1, 0.15) is 6.23 Å². The van der Waals surface area contributed by atoms with E-state index in [2.05, 4.69) is 38.2 Å². The monoisotopic (exact) mass is 408 g/mol. The molecule has 1 amide bonds. The van der Waals surface area contributed by atoms with Crippen LogP contribution in [0.15, 0.2) is 23.3 Å². The smallest absolute Gasteiger partial charge is 0.407 e. The minimum Gasteiger partial charge on any atom is -0.449 e. The van der Waals surface area contributed by atoms with Crippen molar-refractivity contribution in [2.75, 3.05) is 45.1 Å². The lowest BCUT2D eigenvalue weighted by atomic mass is 10.1. The fourth-order valence-electron chi connectivity index (χ4n) is 2.15. The molecular weight excluding hydrogens is 375 g/mol. The highest BCUT2D eigenvalue weighted by Crippen LogP contribution is 2.09. The zero-order valence-electron chi connectivity index (χ0n) is 16.5. The van der Waals surface area contributed by atoms with E-state index in [1.807, 2.05) is 11.9 Å². The molecule has 0 saturated heterocycles. The molecule has 5 nitrogen and oxygen atoms in total. The van der Waals surface area contributed by atoms with Crippen molar-refractivity contribution in [3.8, 4) is 0 Å². The van der Waals surface area contributed by atoms with E-state index in [0.717, 1.165) is 12.8 Å². The molecule has 0 aliphatic rings.